The number of thiophene rings is 1. The summed E-state index contributed by atoms with van der Waals surface area (Å²) in [5.74, 6) is -1.09. The molecule has 0 radical (unpaired) electrons. The predicted molar refractivity (Wildman–Crippen MR) is 120 cm³/mol. The van der Waals surface area contributed by atoms with Gasteiger partial charge in [0.15, 0.2) is 0 Å². The summed E-state index contributed by atoms with van der Waals surface area (Å²) in [4.78, 5) is 17.7. The predicted octanol–water partition coefficient (Wildman–Crippen LogP) is 3.67. The van der Waals surface area contributed by atoms with Gasteiger partial charge in [-0.25, -0.2) is 12.8 Å². The van der Waals surface area contributed by atoms with Gasteiger partial charge in [-0.15, -0.1) is 11.3 Å². The molecule has 2 aliphatic heterocycles. The fraction of sp³-hybridized carbons (Fsp3) is 0.476. The van der Waals surface area contributed by atoms with Gasteiger partial charge in [0.1, 0.15) is 10.7 Å². The zero-order valence-electron chi connectivity index (χ0n) is 17.1. The number of hydrogen-bond acceptors (Lipinski definition) is 5. The van der Waals surface area contributed by atoms with Crippen molar-refractivity contribution in [2.45, 2.75) is 30.7 Å². The Bertz CT molecular complexity index is 1050. The van der Waals surface area contributed by atoms with E-state index in [0.29, 0.717) is 39.3 Å². The summed E-state index contributed by atoms with van der Waals surface area (Å²) in [6.45, 7) is 4.04. The Labute approximate surface area is 191 Å². The van der Waals surface area contributed by atoms with Crippen molar-refractivity contribution in [1.29, 1.82) is 0 Å². The average Bonchev–Trinajstić information content (AvgIpc) is 3.19. The lowest BCUT2D eigenvalue weighted by molar-refractivity contribution is 0.0629. The van der Waals surface area contributed by atoms with E-state index < -0.39 is 20.7 Å². The van der Waals surface area contributed by atoms with Gasteiger partial charge >= 0.3 is 0 Å². The molecule has 1 amide bonds. The number of carbonyl (C=O) groups is 1. The third-order valence-corrected chi connectivity index (χ3v) is 8.91. The maximum Gasteiger partial charge on any atom is 0.253 e. The first-order chi connectivity index (χ1) is 14.8. The maximum absolute atomic E-state index is 14.4. The zero-order chi connectivity index (χ0) is 22.0. The standard InChI is InChI=1S/C21H25ClFN3O3S2/c22-20-7-5-17(30-20)15-24-10-12-25(13-11-24)21(27)16-4-6-18(23)19(14-16)31(28,29)26-8-2-1-3-9-26/h4-7,14H,1-3,8-13,15H2. The molecule has 0 aliphatic carbocycles. The smallest absolute Gasteiger partial charge is 0.253 e. The second kappa shape index (κ2) is 9.54. The monoisotopic (exact) mass is 485 g/mol. The normalized spacial score (nSPS) is 19.0. The molecular formula is C21H25ClFN3O3S2. The summed E-state index contributed by atoms with van der Waals surface area (Å²) in [5, 5.41) is 0. The Kier molecular flexibility index (Phi) is 6.98. The van der Waals surface area contributed by atoms with Crippen LogP contribution in [0.4, 0.5) is 4.39 Å². The Balaban J connectivity index is 1.44. The number of sulfonamides is 1. The van der Waals surface area contributed by atoms with E-state index in [1.807, 2.05) is 12.1 Å². The lowest BCUT2D eigenvalue weighted by Gasteiger charge is -2.34. The summed E-state index contributed by atoms with van der Waals surface area (Å²) in [5.41, 5.74) is 0.204. The Hall–Kier alpha value is -1.52. The van der Waals surface area contributed by atoms with Gasteiger partial charge < -0.3 is 4.90 Å². The van der Waals surface area contributed by atoms with E-state index in [0.717, 1.165) is 36.2 Å². The van der Waals surface area contributed by atoms with E-state index in [4.69, 9.17) is 11.6 Å². The average molecular weight is 486 g/mol. The molecule has 0 atom stereocenters. The highest BCUT2D eigenvalue weighted by atomic mass is 35.5. The highest BCUT2D eigenvalue weighted by molar-refractivity contribution is 7.89. The lowest BCUT2D eigenvalue weighted by Crippen LogP contribution is -2.48. The number of amides is 1. The van der Waals surface area contributed by atoms with Crippen LogP contribution in [0.5, 0.6) is 0 Å². The molecule has 4 rings (SSSR count). The van der Waals surface area contributed by atoms with Crippen LogP contribution in [0.1, 0.15) is 34.5 Å². The van der Waals surface area contributed by atoms with Crippen molar-refractivity contribution in [3.63, 3.8) is 0 Å². The van der Waals surface area contributed by atoms with Crippen molar-refractivity contribution in [3.05, 3.63) is 50.9 Å². The number of piperazine rings is 1. The van der Waals surface area contributed by atoms with Crippen LogP contribution in [0.2, 0.25) is 4.34 Å². The third kappa shape index (κ3) is 5.12. The van der Waals surface area contributed by atoms with Gasteiger partial charge in [0.2, 0.25) is 10.0 Å². The van der Waals surface area contributed by atoms with E-state index in [2.05, 4.69) is 4.90 Å². The molecule has 3 heterocycles. The van der Waals surface area contributed by atoms with Gasteiger partial charge in [-0.3, -0.25) is 9.69 Å². The number of benzene rings is 1. The molecule has 0 spiro atoms. The number of carbonyl (C=O) groups excluding carboxylic acids is 1. The summed E-state index contributed by atoms with van der Waals surface area (Å²) >= 11 is 7.54. The summed E-state index contributed by atoms with van der Waals surface area (Å²) in [7, 11) is -3.95. The minimum atomic E-state index is -3.95. The minimum absolute atomic E-state index is 0.204. The second-order valence-electron chi connectivity index (χ2n) is 7.88. The quantitative estimate of drug-likeness (QED) is 0.648. The third-order valence-electron chi connectivity index (χ3n) is 5.78. The van der Waals surface area contributed by atoms with Gasteiger partial charge in [-0.05, 0) is 43.2 Å². The first kappa shape index (κ1) is 22.7. The Morgan fingerprint density at radius 3 is 2.35 bits per heavy atom. The van der Waals surface area contributed by atoms with E-state index in [-0.39, 0.29) is 11.5 Å². The molecule has 10 heteroatoms. The van der Waals surface area contributed by atoms with E-state index in [9.17, 15) is 17.6 Å². The van der Waals surface area contributed by atoms with E-state index in [1.165, 1.54) is 21.3 Å². The van der Waals surface area contributed by atoms with Crippen LogP contribution in [0.15, 0.2) is 35.2 Å². The Morgan fingerprint density at radius 2 is 1.71 bits per heavy atom. The number of rotatable bonds is 5. The van der Waals surface area contributed by atoms with Crippen molar-refractivity contribution in [3.8, 4) is 0 Å². The molecule has 31 heavy (non-hydrogen) atoms. The molecule has 2 fully saturated rings. The molecule has 6 nitrogen and oxygen atoms in total. The summed E-state index contributed by atoms with van der Waals surface area (Å²) in [6, 6.07) is 7.54. The summed E-state index contributed by atoms with van der Waals surface area (Å²) in [6.07, 6.45) is 2.50. The fourth-order valence-electron chi connectivity index (χ4n) is 4.03. The van der Waals surface area contributed by atoms with Gasteiger partial charge in [-0.1, -0.05) is 18.0 Å². The molecule has 168 valence electrons. The van der Waals surface area contributed by atoms with Crippen LogP contribution in [-0.4, -0.2) is 67.7 Å². The number of nitrogens with zero attached hydrogens (tertiary/aromatic N) is 3. The van der Waals surface area contributed by atoms with Crippen LogP contribution in [0.25, 0.3) is 0 Å². The first-order valence-electron chi connectivity index (χ1n) is 10.4. The van der Waals surface area contributed by atoms with Crippen molar-refractivity contribution in [2.24, 2.45) is 0 Å². The lowest BCUT2D eigenvalue weighted by atomic mass is 10.1. The van der Waals surface area contributed by atoms with E-state index >= 15 is 0 Å². The SMILES string of the molecule is O=C(c1ccc(F)c(S(=O)(=O)N2CCCCC2)c1)N1CCN(Cc2ccc(Cl)s2)CC1. The first-order valence-corrected chi connectivity index (χ1v) is 13.0. The van der Waals surface area contributed by atoms with Gasteiger partial charge in [0.05, 0.1) is 4.34 Å². The molecule has 2 aromatic rings. The molecule has 2 saturated heterocycles. The molecule has 0 bridgehead atoms. The molecule has 2 aliphatic rings. The van der Waals surface area contributed by atoms with Gasteiger partial charge in [-0.2, -0.15) is 4.31 Å². The topological polar surface area (TPSA) is 60.9 Å². The highest BCUT2D eigenvalue weighted by Crippen LogP contribution is 2.25. The van der Waals surface area contributed by atoms with Crippen molar-refractivity contribution in [2.75, 3.05) is 39.3 Å². The number of halogens is 2. The van der Waals surface area contributed by atoms with Gasteiger partial charge in [0.25, 0.3) is 5.91 Å². The minimum Gasteiger partial charge on any atom is -0.336 e. The van der Waals surface area contributed by atoms with Crippen LogP contribution in [0, 0.1) is 5.82 Å². The van der Waals surface area contributed by atoms with Crippen LogP contribution < -0.4 is 0 Å². The van der Waals surface area contributed by atoms with Crippen LogP contribution >= 0.6 is 22.9 Å². The number of hydrogen-bond donors (Lipinski definition) is 0. The summed E-state index contributed by atoms with van der Waals surface area (Å²) < 4.78 is 42.4. The van der Waals surface area contributed by atoms with Gasteiger partial charge in [0, 0.05) is 56.3 Å². The van der Waals surface area contributed by atoms with Crippen LogP contribution in [-0.2, 0) is 16.6 Å². The van der Waals surface area contributed by atoms with Crippen molar-refractivity contribution >= 4 is 38.9 Å². The highest BCUT2D eigenvalue weighted by Gasteiger charge is 2.30. The zero-order valence-corrected chi connectivity index (χ0v) is 19.5. The largest absolute Gasteiger partial charge is 0.336 e. The van der Waals surface area contributed by atoms with Crippen molar-refractivity contribution < 1.29 is 17.6 Å². The number of piperidine rings is 1. The van der Waals surface area contributed by atoms with Crippen molar-refractivity contribution in [1.82, 2.24) is 14.1 Å². The maximum atomic E-state index is 14.4. The molecular weight excluding hydrogens is 461 g/mol. The Morgan fingerprint density at radius 1 is 1.00 bits per heavy atom. The molecule has 0 unspecified atom stereocenters. The second-order valence-corrected chi connectivity index (χ2v) is 11.6. The molecule has 1 aromatic carbocycles. The molecule has 0 N–H and O–H groups in total. The van der Waals surface area contributed by atoms with E-state index in [1.54, 1.807) is 16.2 Å². The molecule has 0 saturated carbocycles. The fourth-order valence-corrected chi connectivity index (χ4v) is 6.76. The molecule has 1 aromatic heterocycles. The van der Waals surface area contributed by atoms with Crippen LogP contribution in [0.3, 0.4) is 0 Å².